The van der Waals surface area contributed by atoms with Gasteiger partial charge in [-0.3, -0.25) is 9.59 Å². The van der Waals surface area contributed by atoms with Gasteiger partial charge in [-0.1, -0.05) is 56.3 Å². The molecular weight excluding hydrogens is 364 g/mol. The Morgan fingerprint density at radius 3 is 2.31 bits per heavy atom. The largest absolute Gasteiger partial charge is 0.392 e. The summed E-state index contributed by atoms with van der Waals surface area (Å²) in [7, 11) is 0. The first-order chi connectivity index (χ1) is 13.8. The summed E-state index contributed by atoms with van der Waals surface area (Å²) in [6.45, 7) is 8.62. The lowest BCUT2D eigenvalue weighted by Crippen LogP contribution is -2.50. The Morgan fingerprint density at radius 2 is 1.72 bits per heavy atom. The molecule has 5 nitrogen and oxygen atoms in total. The minimum atomic E-state index is -0.495. The number of nitrogens with zero attached hydrogens (tertiary/aromatic N) is 1. The molecule has 2 atom stereocenters. The summed E-state index contributed by atoms with van der Waals surface area (Å²) >= 11 is 0. The first kappa shape index (κ1) is 21.1. The summed E-state index contributed by atoms with van der Waals surface area (Å²) in [5.41, 5.74) is 3.05. The van der Waals surface area contributed by atoms with Gasteiger partial charge in [0.1, 0.15) is 0 Å². The molecule has 0 aliphatic carbocycles. The highest BCUT2D eigenvalue weighted by Crippen LogP contribution is 2.43. The summed E-state index contributed by atoms with van der Waals surface area (Å²) in [5, 5.41) is 12.5. The maximum atomic E-state index is 13.4. The fourth-order valence-corrected chi connectivity index (χ4v) is 3.99. The van der Waals surface area contributed by atoms with E-state index in [1.54, 1.807) is 6.07 Å². The van der Waals surface area contributed by atoms with Crippen molar-refractivity contribution in [2.24, 2.45) is 5.92 Å². The summed E-state index contributed by atoms with van der Waals surface area (Å²) in [6.07, 6.45) is 0. The third-order valence-electron chi connectivity index (χ3n) is 5.40. The summed E-state index contributed by atoms with van der Waals surface area (Å²) in [4.78, 5) is 28.5. The van der Waals surface area contributed by atoms with Gasteiger partial charge in [0.2, 0.25) is 5.91 Å². The Kier molecular flexibility index (Phi) is 6.38. The van der Waals surface area contributed by atoms with E-state index in [2.05, 4.69) is 19.2 Å². The highest BCUT2D eigenvalue weighted by molar-refractivity contribution is 6.01. The van der Waals surface area contributed by atoms with E-state index in [4.69, 9.17) is 0 Å². The molecular formula is C24H30N2O3. The maximum absolute atomic E-state index is 13.4. The molecule has 2 amide bonds. The molecule has 0 bridgehead atoms. The molecule has 1 aliphatic rings. The number of amides is 2. The number of aliphatic hydroxyl groups is 1. The van der Waals surface area contributed by atoms with Crippen molar-refractivity contribution >= 4 is 11.8 Å². The van der Waals surface area contributed by atoms with E-state index >= 15 is 0 Å². The molecule has 2 N–H and O–H groups in total. The van der Waals surface area contributed by atoms with Crippen LogP contribution in [-0.2, 0) is 11.4 Å². The third-order valence-corrected chi connectivity index (χ3v) is 5.40. The molecule has 0 radical (unpaired) electrons. The first-order valence-electron chi connectivity index (χ1n) is 10.2. The van der Waals surface area contributed by atoms with Gasteiger partial charge in [0.15, 0.2) is 0 Å². The van der Waals surface area contributed by atoms with Gasteiger partial charge in [-0.25, -0.2) is 0 Å². The summed E-state index contributed by atoms with van der Waals surface area (Å²) in [5.74, 6) is -0.284. The van der Waals surface area contributed by atoms with Crippen molar-refractivity contribution in [3.05, 3.63) is 70.8 Å². The molecule has 1 aliphatic heterocycles. The van der Waals surface area contributed by atoms with E-state index in [1.807, 2.05) is 61.2 Å². The lowest BCUT2D eigenvalue weighted by Gasteiger charge is -2.44. The van der Waals surface area contributed by atoms with Crippen molar-refractivity contribution in [2.75, 3.05) is 6.54 Å². The van der Waals surface area contributed by atoms with E-state index in [1.165, 1.54) is 0 Å². The van der Waals surface area contributed by atoms with Gasteiger partial charge >= 0.3 is 0 Å². The van der Waals surface area contributed by atoms with Crippen LogP contribution in [0, 0.1) is 5.92 Å². The Hall–Kier alpha value is -2.66. The molecule has 2 aromatic carbocycles. The molecule has 154 valence electrons. The fraction of sp³-hybridized carbons (Fsp3) is 0.417. The van der Waals surface area contributed by atoms with Gasteiger partial charge < -0.3 is 15.3 Å². The Labute approximate surface area is 172 Å². The van der Waals surface area contributed by atoms with Crippen LogP contribution in [0.15, 0.2) is 48.5 Å². The molecule has 5 heteroatoms. The van der Waals surface area contributed by atoms with Crippen molar-refractivity contribution in [3.8, 4) is 0 Å². The number of benzene rings is 2. The highest BCUT2D eigenvalue weighted by atomic mass is 16.3. The van der Waals surface area contributed by atoms with Crippen molar-refractivity contribution < 1.29 is 14.7 Å². The molecule has 0 unspecified atom stereocenters. The minimum absolute atomic E-state index is 0.0427. The van der Waals surface area contributed by atoms with E-state index in [0.717, 1.165) is 16.7 Å². The smallest absolute Gasteiger partial charge is 0.254 e. The Bertz CT molecular complexity index is 874. The van der Waals surface area contributed by atoms with Gasteiger partial charge in [0, 0.05) is 18.2 Å². The van der Waals surface area contributed by atoms with Crippen LogP contribution in [0.4, 0.5) is 0 Å². The Morgan fingerprint density at radius 1 is 1.07 bits per heavy atom. The van der Waals surface area contributed by atoms with Crippen molar-refractivity contribution in [3.63, 3.8) is 0 Å². The van der Waals surface area contributed by atoms with Gasteiger partial charge in [0.25, 0.3) is 5.91 Å². The van der Waals surface area contributed by atoms with Crippen LogP contribution in [0.3, 0.4) is 0 Å². The molecule has 0 aromatic heterocycles. The minimum Gasteiger partial charge on any atom is -0.392 e. The third kappa shape index (κ3) is 4.20. The fourth-order valence-electron chi connectivity index (χ4n) is 3.99. The molecule has 3 rings (SSSR count). The van der Waals surface area contributed by atoms with Crippen LogP contribution < -0.4 is 5.32 Å². The number of fused-ring (bicyclic) bond motifs is 1. The van der Waals surface area contributed by atoms with Crippen LogP contribution in [0.1, 0.15) is 66.7 Å². The SMILES string of the molecule is CC(C)CNC(=O)[C@@H]1c2ccccc2C(=O)N(C(C)C)[C@H]1c1ccc(CO)cc1. The lowest BCUT2D eigenvalue weighted by molar-refractivity contribution is -0.124. The topological polar surface area (TPSA) is 69.6 Å². The molecule has 29 heavy (non-hydrogen) atoms. The number of hydrogen-bond donors (Lipinski definition) is 2. The zero-order valence-corrected chi connectivity index (χ0v) is 17.6. The molecule has 0 fully saturated rings. The van der Waals surface area contributed by atoms with Gasteiger partial charge in [-0.15, -0.1) is 0 Å². The van der Waals surface area contributed by atoms with Gasteiger partial charge in [-0.2, -0.15) is 0 Å². The summed E-state index contributed by atoms with van der Waals surface area (Å²) in [6, 6.07) is 14.5. The number of hydrogen-bond acceptors (Lipinski definition) is 3. The monoisotopic (exact) mass is 394 g/mol. The van der Waals surface area contributed by atoms with Crippen LogP contribution in [0.25, 0.3) is 0 Å². The normalized spacial score (nSPS) is 18.9. The average Bonchev–Trinajstić information content (AvgIpc) is 2.71. The number of nitrogens with one attached hydrogen (secondary N) is 1. The Balaban J connectivity index is 2.14. The van der Waals surface area contributed by atoms with Crippen molar-refractivity contribution in [1.82, 2.24) is 10.2 Å². The van der Waals surface area contributed by atoms with Crippen LogP contribution in [0.5, 0.6) is 0 Å². The average molecular weight is 395 g/mol. The number of carbonyl (C=O) groups is 2. The molecule has 2 aromatic rings. The second-order valence-corrected chi connectivity index (χ2v) is 8.35. The summed E-state index contributed by atoms with van der Waals surface area (Å²) < 4.78 is 0. The van der Waals surface area contributed by atoms with Gasteiger partial charge in [-0.05, 0) is 42.5 Å². The van der Waals surface area contributed by atoms with Gasteiger partial charge in [0.05, 0.1) is 18.6 Å². The van der Waals surface area contributed by atoms with E-state index < -0.39 is 12.0 Å². The lowest BCUT2D eigenvalue weighted by atomic mass is 9.78. The van der Waals surface area contributed by atoms with E-state index in [-0.39, 0.29) is 24.5 Å². The second-order valence-electron chi connectivity index (χ2n) is 8.35. The first-order valence-corrected chi connectivity index (χ1v) is 10.2. The number of carbonyl (C=O) groups excluding carboxylic acids is 2. The highest BCUT2D eigenvalue weighted by Gasteiger charge is 2.44. The standard InChI is InChI=1S/C24H30N2O3/c1-15(2)13-25-23(28)21-19-7-5-6-8-20(19)24(29)26(16(3)4)22(21)18-11-9-17(14-27)10-12-18/h5-12,15-16,21-22,27H,13-14H2,1-4H3,(H,25,28)/t21-,22+/m1/s1. The van der Waals surface area contributed by atoms with E-state index in [9.17, 15) is 14.7 Å². The predicted molar refractivity (Wildman–Crippen MR) is 113 cm³/mol. The molecule has 0 saturated carbocycles. The van der Waals surface area contributed by atoms with Crippen LogP contribution >= 0.6 is 0 Å². The molecule has 1 heterocycles. The van der Waals surface area contributed by atoms with Crippen LogP contribution in [-0.4, -0.2) is 34.4 Å². The number of aliphatic hydroxyl groups excluding tert-OH is 1. The second kappa shape index (κ2) is 8.78. The van der Waals surface area contributed by atoms with Crippen molar-refractivity contribution in [1.29, 1.82) is 0 Å². The number of rotatable bonds is 6. The zero-order valence-electron chi connectivity index (χ0n) is 17.6. The van der Waals surface area contributed by atoms with E-state index in [0.29, 0.717) is 18.0 Å². The zero-order chi connectivity index (χ0) is 21.1. The van der Waals surface area contributed by atoms with Crippen molar-refractivity contribution in [2.45, 2.75) is 52.3 Å². The maximum Gasteiger partial charge on any atom is 0.254 e. The predicted octanol–water partition coefficient (Wildman–Crippen LogP) is 3.64. The molecule has 0 saturated heterocycles. The quantitative estimate of drug-likeness (QED) is 0.786. The molecule has 0 spiro atoms. The van der Waals surface area contributed by atoms with Crippen LogP contribution in [0.2, 0.25) is 0 Å².